The lowest BCUT2D eigenvalue weighted by Gasteiger charge is -2.14. The summed E-state index contributed by atoms with van der Waals surface area (Å²) in [5.74, 6) is -1.60. The Morgan fingerprint density at radius 1 is 1.15 bits per heavy atom. The van der Waals surface area contributed by atoms with Crippen LogP contribution in [0.1, 0.15) is 10.4 Å². The first kappa shape index (κ1) is 15.6. The molecular formula is C11H10F3NO5. The summed E-state index contributed by atoms with van der Waals surface area (Å²) in [7, 11) is 2.12. The predicted molar refractivity (Wildman–Crippen MR) is 60.5 cm³/mol. The number of carbonyl (C=O) groups excluding carboxylic acids is 2. The molecule has 6 nitrogen and oxygen atoms in total. The van der Waals surface area contributed by atoms with Gasteiger partial charge in [-0.05, 0) is 18.2 Å². The lowest BCUT2D eigenvalue weighted by atomic mass is 10.2. The number of benzene rings is 1. The Hall–Kier alpha value is -2.45. The number of nitrogens with one attached hydrogen (secondary N) is 1. The molecule has 0 saturated carbocycles. The van der Waals surface area contributed by atoms with Gasteiger partial charge in [-0.1, -0.05) is 0 Å². The Morgan fingerprint density at radius 2 is 1.80 bits per heavy atom. The van der Waals surface area contributed by atoms with E-state index in [2.05, 4.69) is 14.2 Å². The Morgan fingerprint density at radius 3 is 2.30 bits per heavy atom. The number of amides is 1. The highest BCUT2D eigenvalue weighted by atomic mass is 19.4. The second-order valence-electron chi connectivity index (χ2n) is 3.37. The number of anilines is 1. The van der Waals surface area contributed by atoms with E-state index in [0.29, 0.717) is 0 Å². The molecule has 1 N–H and O–H groups in total. The van der Waals surface area contributed by atoms with Gasteiger partial charge in [0.15, 0.2) is 5.75 Å². The van der Waals surface area contributed by atoms with E-state index < -0.39 is 24.2 Å². The van der Waals surface area contributed by atoms with Gasteiger partial charge in [-0.3, -0.25) is 5.32 Å². The summed E-state index contributed by atoms with van der Waals surface area (Å²) in [5, 5.41) is 2.03. The number of methoxy groups -OCH3 is 2. The maximum absolute atomic E-state index is 12.3. The first-order valence-electron chi connectivity index (χ1n) is 5.10. The topological polar surface area (TPSA) is 73.9 Å². The molecule has 0 unspecified atom stereocenters. The van der Waals surface area contributed by atoms with Gasteiger partial charge in [-0.25, -0.2) is 9.59 Å². The molecule has 1 rings (SSSR count). The van der Waals surface area contributed by atoms with Crippen molar-refractivity contribution in [3.63, 3.8) is 0 Å². The molecule has 0 aliphatic rings. The zero-order chi connectivity index (χ0) is 15.3. The molecule has 0 radical (unpaired) electrons. The zero-order valence-electron chi connectivity index (χ0n) is 10.4. The van der Waals surface area contributed by atoms with Gasteiger partial charge < -0.3 is 14.2 Å². The summed E-state index contributed by atoms with van der Waals surface area (Å²) >= 11 is 0. The van der Waals surface area contributed by atoms with Crippen LogP contribution < -0.4 is 10.1 Å². The number of hydrogen-bond donors (Lipinski definition) is 1. The normalized spacial score (nSPS) is 10.7. The first-order valence-corrected chi connectivity index (χ1v) is 5.10. The van der Waals surface area contributed by atoms with Crippen LogP contribution >= 0.6 is 0 Å². The van der Waals surface area contributed by atoms with E-state index in [0.717, 1.165) is 26.4 Å². The lowest BCUT2D eigenvalue weighted by Crippen LogP contribution is -2.20. The van der Waals surface area contributed by atoms with Crippen LogP contribution in [0.25, 0.3) is 0 Å². The van der Waals surface area contributed by atoms with Gasteiger partial charge in [-0.2, -0.15) is 0 Å². The molecule has 0 aliphatic heterocycles. The molecule has 0 bridgehead atoms. The average molecular weight is 293 g/mol. The van der Waals surface area contributed by atoms with Crippen LogP contribution in [0.15, 0.2) is 18.2 Å². The Labute approximate surface area is 111 Å². The van der Waals surface area contributed by atoms with E-state index in [1.165, 1.54) is 6.07 Å². The third-order valence-corrected chi connectivity index (χ3v) is 2.05. The largest absolute Gasteiger partial charge is 0.573 e. The molecule has 0 fully saturated rings. The molecule has 0 spiro atoms. The molecule has 0 saturated heterocycles. The van der Waals surface area contributed by atoms with Crippen LogP contribution in [0.5, 0.6) is 5.75 Å². The van der Waals surface area contributed by atoms with Crippen molar-refractivity contribution in [2.45, 2.75) is 6.36 Å². The van der Waals surface area contributed by atoms with Gasteiger partial charge in [0.05, 0.1) is 25.5 Å². The van der Waals surface area contributed by atoms with Crippen LogP contribution in [0.4, 0.5) is 23.7 Å². The van der Waals surface area contributed by atoms with Crippen molar-refractivity contribution < 1.29 is 37.0 Å². The Balaban J connectivity index is 3.15. The van der Waals surface area contributed by atoms with Gasteiger partial charge in [0.2, 0.25) is 0 Å². The number of esters is 1. The fourth-order valence-electron chi connectivity index (χ4n) is 1.24. The SMILES string of the molecule is COC(=O)Nc1ccc(C(=O)OC)cc1OC(F)(F)F. The van der Waals surface area contributed by atoms with Gasteiger partial charge >= 0.3 is 18.4 Å². The van der Waals surface area contributed by atoms with Gasteiger partial charge in [0.25, 0.3) is 0 Å². The summed E-state index contributed by atoms with van der Waals surface area (Å²) < 4.78 is 49.2. The molecule has 0 aromatic heterocycles. The minimum Gasteiger partial charge on any atom is -0.465 e. The highest BCUT2D eigenvalue weighted by Crippen LogP contribution is 2.31. The number of rotatable bonds is 3. The predicted octanol–water partition coefficient (Wildman–Crippen LogP) is 2.55. The van der Waals surface area contributed by atoms with Crippen molar-refractivity contribution in [1.82, 2.24) is 0 Å². The van der Waals surface area contributed by atoms with Crippen LogP contribution in [0.3, 0.4) is 0 Å². The van der Waals surface area contributed by atoms with Crippen molar-refractivity contribution in [2.24, 2.45) is 0 Å². The van der Waals surface area contributed by atoms with Crippen LogP contribution in [0.2, 0.25) is 0 Å². The highest BCUT2D eigenvalue weighted by Gasteiger charge is 2.32. The summed E-state index contributed by atoms with van der Waals surface area (Å²) in [6, 6.07) is 3.02. The molecule has 0 aliphatic carbocycles. The van der Waals surface area contributed by atoms with Crippen molar-refractivity contribution in [3.05, 3.63) is 23.8 Å². The van der Waals surface area contributed by atoms with Crippen molar-refractivity contribution in [1.29, 1.82) is 0 Å². The molecule has 1 amide bonds. The van der Waals surface area contributed by atoms with E-state index in [-0.39, 0.29) is 11.3 Å². The van der Waals surface area contributed by atoms with Crippen molar-refractivity contribution >= 4 is 17.7 Å². The van der Waals surface area contributed by atoms with Gasteiger partial charge in [0.1, 0.15) is 0 Å². The third-order valence-electron chi connectivity index (χ3n) is 2.05. The van der Waals surface area contributed by atoms with Crippen LogP contribution in [-0.2, 0) is 9.47 Å². The maximum atomic E-state index is 12.3. The molecule has 0 atom stereocenters. The number of ether oxygens (including phenoxy) is 3. The van der Waals surface area contributed by atoms with E-state index in [4.69, 9.17) is 0 Å². The Bertz CT molecular complexity index is 515. The smallest absolute Gasteiger partial charge is 0.465 e. The highest BCUT2D eigenvalue weighted by molar-refractivity contribution is 5.92. The maximum Gasteiger partial charge on any atom is 0.573 e. The summed E-state index contributed by atoms with van der Waals surface area (Å²) in [4.78, 5) is 22.3. The van der Waals surface area contributed by atoms with E-state index in [9.17, 15) is 22.8 Å². The summed E-state index contributed by atoms with van der Waals surface area (Å²) in [5.41, 5.74) is -0.469. The molecule has 20 heavy (non-hydrogen) atoms. The molecular weight excluding hydrogens is 283 g/mol. The number of halogens is 3. The molecule has 1 aromatic carbocycles. The van der Waals surface area contributed by atoms with Gasteiger partial charge in [-0.15, -0.1) is 13.2 Å². The van der Waals surface area contributed by atoms with E-state index in [1.807, 2.05) is 5.32 Å². The first-order chi connectivity index (χ1) is 9.26. The number of hydrogen-bond acceptors (Lipinski definition) is 5. The number of carbonyl (C=O) groups is 2. The van der Waals surface area contributed by atoms with E-state index in [1.54, 1.807) is 0 Å². The molecule has 1 aromatic rings. The van der Waals surface area contributed by atoms with Crippen LogP contribution in [-0.4, -0.2) is 32.6 Å². The second-order valence-corrected chi connectivity index (χ2v) is 3.37. The minimum absolute atomic E-state index is 0.165. The minimum atomic E-state index is -4.98. The Kier molecular flexibility index (Phi) is 4.78. The third kappa shape index (κ3) is 4.34. The number of alkyl halides is 3. The quantitative estimate of drug-likeness (QED) is 0.867. The fourth-order valence-corrected chi connectivity index (χ4v) is 1.24. The van der Waals surface area contributed by atoms with Crippen molar-refractivity contribution in [3.8, 4) is 5.75 Å². The van der Waals surface area contributed by atoms with Gasteiger partial charge in [0, 0.05) is 0 Å². The molecule has 9 heteroatoms. The fraction of sp³-hybridized carbons (Fsp3) is 0.273. The van der Waals surface area contributed by atoms with Crippen molar-refractivity contribution in [2.75, 3.05) is 19.5 Å². The molecule has 0 heterocycles. The monoisotopic (exact) mass is 293 g/mol. The van der Waals surface area contributed by atoms with Crippen LogP contribution in [0, 0.1) is 0 Å². The average Bonchev–Trinajstić information content (AvgIpc) is 2.37. The lowest BCUT2D eigenvalue weighted by molar-refractivity contribution is -0.274. The summed E-state index contributed by atoms with van der Waals surface area (Å²) in [6.45, 7) is 0. The zero-order valence-corrected chi connectivity index (χ0v) is 10.4. The van der Waals surface area contributed by atoms with E-state index >= 15 is 0 Å². The summed E-state index contributed by atoms with van der Waals surface area (Å²) in [6.07, 6.45) is -5.97. The molecule has 110 valence electrons. The standard InChI is InChI=1S/C11H10F3NO5/c1-18-9(16)6-3-4-7(15-10(17)19-2)8(5-6)20-11(12,13)14/h3-5H,1-2H3,(H,15,17). The second kappa shape index (κ2) is 6.13.